The summed E-state index contributed by atoms with van der Waals surface area (Å²) in [4.78, 5) is 12.1. The Hall–Kier alpha value is -1.04. The van der Waals surface area contributed by atoms with Crippen LogP contribution in [-0.2, 0) is 4.79 Å². The fourth-order valence-corrected chi connectivity index (χ4v) is 3.04. The molecule has 2 aromatic carbocycles. The second-order valence-corrected chi connectivity index (χ2v) is 6.63. The molecule has 3 rings (SSSR count). The van der Waals surface area contributed by atoms with Crippen LogP contribution in [0.2, 0.25) is 5.02 Å². The van der Waals surface area contributed by atoms with Crippen molar-refractivity contribution in [2.45, 2.75) is 6.04 Å². The van der Waals surface area contributed by atoms with Crippen LogP contribution in [-0.4, -0.2) is 5.91 Å². The first-order valence-electron chi connectivity index (χ1n) is 5.86. The number of hydrogen-bond donors (Lipinski definition) is 2. The molecule has 20 heavy (non-hydrogen) atoms. The van der Waals surface area contributed by atoms with E-state index < -0.39 is 6.04 Å². The quantitative estimate of drug-likeness (QED) is 0.726. The molecule has 0 aromatic heterocycles. The first-order valence-corrected chi connectivity index (χ1v) is 7.83. The van der Waals surface area contributed by atoms with Crippen LogP contribution in [0, 0.1) is 0 Å². The lowest BCUT2D eigenvalue weighted by Crippen LogP contribution is -2.19. The molecular formula is C14H9Br2ClN2O. The van der Waals surface area contributed by atoms with E-state index in [2.05, 4.69) is 42.5 Å². The number of rotatable bonds is 2. The van der Waals surface area contributed by atoms with E-state index in [0.29, 0.717) is 5.02 Å². The summed E-state index contributed by atoms with van der Waals surface area (Å²) in [5.74, 6) is -0.0888. The molecule has 6 heteroatoms. The van der Waals surface area contributed by atoms with Gasteiger partial charge in [-0.3, -0.25) is 4.79 Å². The molecule has 1 aliphatic heterocycles. The Morgan fingerprint density at radius 3 is 2.75 bits per heavy atom. The molecule has 0 saturated carbocycles. The van der Waals surface area contributed by atoms with E-state index >= 15 is 0 Å². The van der Waals surface area contributed by atoms with Gasteiger partial charge in [0.05, 0.1) is 5.69 Å². The zero-order valence-corrected chi connectivity index (χ0v) is 14.0. The third kappa shape index (κ3) is 2.57. The van der Waals surface area contributed by atoms with Crippen molar-refractivity contribution >= 4 is 60.7 Å². The maximum atomic E-state index is 12.1. The molecule has 0 saturated heterocycles. The van der Waals surface area contributed by atoms with E-state index in [1.807, 2.05) is 24.3 Å². The standard InChI is InChI=1S/C14H9Br2ClN2O/c15-7-1-3-10(16)12(5-7)18-13-9-6-8(17)2-4-11(9)19-14(13)20/h1-6,13,18H,(H,19,20). The molecule has 1 atom stereocenters. The van der Waals surface area contributed by atoms with Gasteiger partial charge >= 0.3 is 0 Å². The molecule has 0 fully saturated rings. The Kier molecular flexibility index (Phi) is 3.75. The summed E-state index contributed by atoms with van der Waals surface area (Å²) in [6.45, 7) is 0. The number of fused-ring (bicyclic) bond motifs is 1. The van der Waals surface area contributed by atoms with Crippen molar-refractivity contribution in [2.24, 2.45) is 0 Å². The average Bonchev–Trinajstić information content (AvgIpc) is 2.70. The van der Waals surface area contributed by atoms with Gasteiger partial charge in [0.1, 0.15) is 6.04 Å². The lowest BCUT2D eigenvalue weighted by Gasteiger charge is -2.15. The van der Waals surface area contributed by atoms with Crippen LogP contribution >= 0.6 is 43.5 Å². The highest BCUT2D eigenvalue weighted by atomic mass is 79.9. The largest absolute Gasteiger partial charge is 0.369 e. The number of amides is 1. The maximum Gasteiger partial charge on any atom is 0.251 e. The SMILES string of the molecule is O=C1Nc2ccc(Cl)cc2C1Nc1cc(Br)ccc1Br. The number of halogens is 3. The predicted molar refractivity (Wildman–Crippen MR) is 88.3 cm³/mol. The second kappa shape index (κ2) is 5.39. The number of nitrogens with one attached hydrogen (secondary N) is 2. The maximum absolute atomic E-state index is 12.1. The number of benzene rings is 2. The van der Waals surface area contributed by atoms with E-state index in [0.717, 1.165) is 25.9 Å². The summed E-state index contributed by atoms with van der Waals surface area (Å²) >= 11 is 12.9. The molecule has 2 aromatic rings. The van der Waals surface area contributed by atoms with E-state index in [1.165, 1.54) is 0 Å². The Morgan fingerprint density at radius 1 is 1.15 bits per heavy atom. The fraction of sp³-hybridized carbons (Fsp3) is 0.0714. The summed E-state index contributed by atoms with van der Waals surface area (Å²) in [5.41, 5.74) is 2.49. The van der Waals surface area contributed by atoms with Gasteiger partial charge in [0.25, 0.3) is 5.91 Å². The van der Waals surface area contributed by atoms with Crippen molar-refractivity contribution in [2.75, 3.05) is 10.6 Å². The van der Waals surface area contributed by atoms with Crippen LogP contribution in [0.25, 0.3) is 0 Å². The summed E-state index contributed by atoms with van der Waals surface area (Å²) in [5, 5.41) is 6.69. The van der Waals surface area contributed by atoms with Crippen LogP contribution in [0.1, 0.15) is 11.6 Å². The van der Waals surface area contributed by atoms with Gasteiger partial charge in [-0.05, 0) is 52.3 Å². The van der Waals surface area contributed by atoms with E-state index in [4.69, 9.17) is 11.6 Å². The summed E-state index contributed by atoms with van der Waals surface area (Å²) in [6.07, 6.45) is 0. The smallest absolute Gasteiger partial charge is 0.251 e. The monoisotopic (exact) mass is 414 g/mol. The number of hydrogen-bond acceptors (Lipinski definition) is 2. The van der Waals surface area contributed by atoms with E-state index in [9.17, 15) is 4.79 Å². The van der Waals surface area contributed by atoms with Gasteiger partial charge in [0, 0.05) is 25.2 Å². The van der Waals surface area contributed by atoms with Crippen LogP contribution < -0.4 is 10.6 Å². The fourth-order valence-electron chi connectivity index (χ4n) is 2.14. The van der Waals surface area contributed by atoms with Crippen LogP contribution in [0.15, 0.2) is 45.3 Å². The normalized spacial score (nSPS) is 16.8. The molecule has 1 heterocycles. The number of carbonyl (C=O) groups is 1. The van der Waals surface area contributed by atoms with Gasteiger partial charge in [0.15, 0.2) is 0 Å². The van der Waals surface area contributed by atoms with Crippen molar-refractivity contribution in [3.05, 3.63) is 55.9 Å². The zero-order chi connectivity index (χ0) is 14.3. The minimum absolute atomic E-state index is 0.0888. The highest BCUT2D eigenvalue weighted by molar-refractivity contribution is 9.11. The molecule has 1 aliphatic rings. The Morgan fingerprint density at radius 2 is 1.95 bits per heavy atom. The minimum Gasteiger partial charge on any atom is -0.369 e. The first kappa shape index (κ1) is 13.9. The molecule has 2 N–H and O–H groups in total. The van der Waals surface area contributed by atoms with Gasteiger partial charge < -0.3 is 10.6 Å². The molecule has 0 radical (unpaired) electrons. The van der Waals surface area contributed by atoms with Crippen molar-refractivity contribution in [1.82, 2.24) is 0 Å². The average molecular weight is 417 g/mol. The highest BCUT2D eigenvalue weighted by Crippen LogP contribution is 2.37. The zero-order valence-electron chi connectivity index (χ0n) is 10.1. The Balaban J connectivity index is 1.97. The van der Waals surface area contributed by atoms with E-state index in [-0.39, 0.29) is 5.91 Å². The van der Waals surface area contributed by atoms with Crippen LogP contribution in [0.3, 0.4) is 0 Å². The molecule has 0 spiro atoms. The van der Waals surface area contributed by atoms with Gasteiger partial charge in [-0.1, -0.05) is 27.5 Å². The summed E-state index contributed by atoms with van der Waals surface area (Å²) < 4.78 is 1.83. The summed E-state index contributed by atoms with van der Waals surface area (Å²) in [7, 11) is 0. The van der Waals surface area contributed by atoms with Crippen molar-refractivity contribution in [3.8, 4) is 0 Å². The molecule has 1 amide bonds. The van der Waals surface area contributed by atoms with E-state index in [1.54, 1.807) is 12.1 Å². The third-order valence-corrected chi connectivity index (χ3v) is 4.49. The van der Waals surface area contributed by atoms with Gasteiger partial charge in [-0.2, -0.15) is 0 Å². The molecule has 102 valence electrons. The lowest BCUT2D eigenvalue weighted by atomic mass is 10.1. The van der Waals surface area contributed by atoms with Crippen LogP contribution in [0.5, 0.6) is 0 Å². The second-order valence-electron chi connectivity index (χ2n) is 4.42. The van der Waals surface area contributed by atoms with Gasteiger partial charge in [0.2, 0.25) is 0 Å². The minimum atomic E-state index is -0.450. The molecule has 1 unspecified atom stereocenters. The molecule has 3 nitrogen and oxygen atoms in total. The third-order valence-electron chi connectivity index (χ3n) is 3.07. The first-order chi connectivity index (χ1) is 9.54. The number of carbonyl (C=O) groups excluding carboxylic acids is 1. The number of anilines is 2. The topological polar surface area (TPSA) is 41.1 Å². The Bertz CT molecular complexity index is 706. The predicted octanol–water partition coefficient (Wildman–Crippen LogP) is 4.97. The Labute approximate surface area is 138 Å². The van der Waals surface area contributed by atoms with Gasteiger partial charge in [-0.25, -0.2) is 0 Å². The van der Waals surface area contributed by atoms with Gasteiger partial charge in [-0.15, -0.1) is 0 Å². The highest BCUT2D eigenvalue weighted by Gasteiger charge is 2.30. The van der Waals surface area contributed by atoms with Crippen molar-refractivity contribution < 1.29 is 4.79 Å². The van der Waals surface area contributed by atoms with Crippen molar-refractivity contribution in [3.63, 3.8) is 0 Å². The lowest BCUT2D eigenvalue weighted by molar-refractivity contribution is -0.116. The van der Waals surface area contributed by atoms with Crippen molar-refractivity contribution in [1.29, 1.82) is 0 Å². The molecular weight excluding hydrogens is 407 g/mol. The molecule has 0 bridgehead atoms. The summed E-state index contributed by atoms with van der Waals surface area (Å²) in [6, 6.07) is 10.7. The van der Waals surface area contributed by atoms with Crippen LogP contribution in [0.4, 0.5) is 11.4 Å². The molecule has 0 aliphatic carbocycles.